The van der Waals surface area contributed by atoms with Crippen LogP contribution < -0.4 is 0 Å². The first-order valence-corrected chi connectivity index (χ1v) is 5.60. The molecule has 5 heteroatoms. The van der Waals surface area contributed by atoms with E-state index in [1.54, 1.807) is 0 Å². The molecule has 16 heavy (non-hydrogen) atoms. The van der Waals surface area contributed by atoms with Crippen LogP contribution in [0.5, 0.6) is 0 Å². The Morgan fingerprint density at radius 2 is 2.19 bits per heavy atom. The van der Waals surface area contributed by atoms with Gasteiger partial charge in [0.15, 0.2) is 0 Å². The molecule has 0 spiro atoms. The predicted octanol–water partition coefficient (Wildman–Crippen LogP) is 0.800. The molecule has 0 aliphatic carbocycles. The summed E-state index contributed by atoms with van der Waals surface area (Å²) in [7, 11) is 0. The highest BCUT2D eigenvalue weighted by atomic mass is 16.6. The highest BCUT2D eigenvalue weighted by molar-refractivity contribution is 5.83. The van der Waals surface area contributed by atoms with Crippen molar-refractivity contribution in [1.82, 2.24) is 0 Å². The van der Waals surface area contributed by atoms with E-state index < -0.39 is 36.0 Å². The Morgan fingerprint density at radius 1 is 1.56 bits per heavy atom. The second-order valence-electron chi connectivity index (χ2n) is 4.26. The first kappa shape index (κ1) is 13.0. The summed E-state index contributed by atoms with van der Waals surface area (Å²) in [4.78, 5) is 22.2. The van der Waals surface area contributed by atoms with E-state index in [-0.39, 0.29) is 0 Å². The van der Waals surface area contributed by atoms with Crippen LogP contribution in [0.2, 0.25) is 0 Å². The third kappa shape index (κ3) is 2.52. The SMILES string of the molecule is CCCC[C@H]1OC(=O)[C@H](C(C)C(=O)O)[C@@H]1O. The Kier molecular flexibility index (Phi) is 4.29. The normalized spacial score (nSPS) is 31.2. The van der Waals surface area contributed by atoms with Crippen LogP contribution in [0.4, 0.5) is 0 Å². The number of carbonyl (C=O) groups is 2. The fraction of sp³-hybridized carbons (Fsp3) is 0.818. The molecule has 4 atom stereocenters. The number of rotatable bonds is 5. The Bertz CT molecular complexity index is 276. The van der Waals surface area contributed by atoms with Crippen molar-refractivity contribution in [3.63, 3.8) is 0 Å². The number of ether oxygens (including phenoxy) is 1. The maximum Gasteiger partial charge on any atom is 0.312 e. The Balaban J connectivity index is 2.67. The summed E-state index contributed by atoms with van der Waals surface area (Å²) < 4.78 is 5.01. The number of aliphatic hydroxyl groups is 1. The smallest absolute Gasteiger partial charge is 0.312 e. The average molecular weight is 230 g/mol. The van der Waals surface area contributed by atoms with Crippen molar-refractivity contribution in [2.45, 2.75) is 45.3 Å². The molecule has 0 aromatic heterocycles. The summed E-state index contributed by atoms with van der Waals surface area (Å²) in [5, 5.41) is 18.7. The molecule has 92 valence electrons. The number of hydrogen-bond donors (Lipinski definition) is 2. The van der Waals surface area contributed by atoms with Crippen molar-refractivity contribution in [2.75, 3.05) is 0 Å². The van der Waals surface area contributed by atoms with Gasteiger partial charge in [-0.15, -0.1) is 0 Å². The molecule has 1 saturated heterocycles. The van der Waals surface area contributed by atoms with Crippen molar-refractivity contribution in [3.05, 3.63) is 0 Å². The summed E-state index contributed by atoms with van der Waals surface area (Å²) in [6.45, 7) is 3.42. The molecule has 1 rings (SSSR count). The lowest BCUT2D eigenvalue weighted by atomic mass is 9.87. The number of aliphatic hydroxyl groups excluding tert-OH is 1. The summed E-state index contributed by atoms with van der Waals surface area (Å²) in [5.41, 5.74) is 0. The minimum Gasteiger partial charge on any atom is -0.481 e. The molecule has 1 aliphatic heterocycles. The number of aliphatic carboxylic acids is 1. The van der Waals surface area contributed by atoms with E-state index in [9.17, 15) is 14.7 Å². The van der Waals surface area contributed by atoms with Gasteiger partial charge in [0.25, 0.3) is 0 Å². The monoisotopic (exact) mass is 230 g/mol. The van der Waals surface area contributed by atoms with E-state index in [1.165, 1.54) is 6.92 Å². The molecule has 0 bridgehead atoms. The van der Waals surface area contributed by atoms with Gasteiger partial charge in [-0.3, -0.25) is 9.59 Å². The topological polar surface area (TPSA) is 83.8 Å². The number of cyclic esters (lactones) is 1. The van der Waals surface area contributed by atoms with Gasteiger partial charge in [0.2, 0.25) is 0 Å². The Hall–Kier alpha value is -1.10. The first-order chi connectivity index (χ1) is 7.49. The highest BCUT2D eigenvalue weighted by Crippen LogP contribution is 2.31. The lowest BCUT2D eigenvalue weighted by molar-refractivity contribution is -0.152. The second kappa shape index (κ2) is 5.30. The number of carboxylic acid groups (broad SMARTS) is 1. The van der Waals surface area contributed by atoms with Crippen LogP contribution in [0, 0.1) is 11.8 Å². The molecule has 5 nitrogen and oxygen atoms in total. The molecule has 0 amide bonds. The molecule has 0 aromatic carbocycles. The van der Waals surface area contributed by atoms with Crippen LogP contribution >= 0.6 is 0 Å². The third-order valence-electron chi connectivity index (χ3n) is 3.06. The minimum atomic E-state index is -1.09. The molecule has 1 unspecified atom stereocenters. The van der Waals surface area contributed by atoms with Gasteiger partial charge >= 0.3 is 11.9 Å². The molecule has 0 saturated carbocycles. The second-order valence-corrected chi connectivity index (χ2v) is 4.26. The van der Waals surface area contributed by atoms with Gasteiger partial charge < -0.3 is 14.9 Å². The lowest BCUT2D eigenvalue weighted by Gasteiger charge is -2.17. The van der Waals surface area contributed by atoms with Crippen LogP contribution in [0.15, 0.2) is 0 Å². The van der Waals surface area contributed by atoms with Crippen molar-refractivity contribution in [1.29, 1.82) is 0 Å². The highest BCUT2D eigenvalue weighted by Gasteiger charge is 2.47. The predicted molar refractivity (Wildman–Crippen MR) is 55.7 cm³/mol. The van der Waals surface area contributed by atoms with E-state index in [4.69, 9.17) is 9.84 Å². The molecule has 1 aliphatic rings. The zero-order valence-electron chi connectivity index (χ0n) is 9.55. The molecule has 0 radical (unpaired) electrons. The van der Waals surface area contributed by atoms with E-state index in [2.05, 4.69) is 0 Å². The van der Waals surface area contributed by atoms with Crippen molar-refractivity contribution < 1.29 is 24.5 Å². The fourth-order valence-corrected chi connectivity index (χ4v) is 1.96. The van der Waals surface area contributed by atoms with Crippen LogP contribution in [0.3, 0.4) is 0 Å². The number of esters is 1. The molecule has 2 N–H and O–H groups in total. The van der Waals surface area contributed by atoms with Gasteiger partial charge in [-0.2, -0.15) is 0 Å². The largest absolute Gasteiger partial charge is 0.481 e. The van der Waals surface area contributed by atoms with E-state index in [0.29, 0.717) is 6.42 Å². The zero-order valence-corrected chi connectivity index (χ0v) is 9.55. The van der Waals surface area contributed by atoms with Gasteiger partial charge in [0, 0.05) is 0 Å². The summed E-state index contributed by atoms with van der Waals surface area (Å²) >= 11 is 0. The summed E-state index contributed by atoms with van der Waals surface area (Å²) in [6, 6.07) is 0. The third-order valence-corrected chi connectivity index (χ3v) is 3.06. The molecule has 1 heterocycles. The summed E-state index contributed by atoms with van der Waals surface area (Å²) in [6.07, 6.45) is 0.847. The molecule has 1 fully saturated rings. The van der Waals surface area contributed by atoms with E-state index >= 15 is 0 Å². The van der Waals surface area contributed by atoms with Crippen molar-refractivity contribution >= 4 is 11.9 Å². The van der Waals surface area contributed by atoms with Crippen LogP contribution in [-0.2, 0) is 14.3 Å². The zero-order chi connectivity index (χ0) is 12.3. The lowest BCUT2D eigenvalue weighted by Crippen LogP contribution is -2.34. The van der Waals surface area contributed by atoms with E-state index in [1.807, 2.05) is 6.92 Å². The minimum absolute atomic E-state index is 0.542. The van der Waals surface area contributed by atoms with Crippen LogP contribution in [0.1, 0.15) is 33.1 Å². The van der Waals surface area contributed by atoms with E-state index in [0.717, 1.165) is 12.8 Å². The van der Waals surface area contributed by atoms with Crippen LogP contribution in [-0.4, -0.2) is 34.4 Å². The maximum absolute atomic E-state index is 11.5. The van der Waals surface area contributed by atoms with Crippen LogP contribution in [0.25, 0.3) is 0 Å². The Labute approximate surface area is 94.4 Å². The quantitative estimate of drug-likeness (QED) is 0.682. The number of hydrogen-bond acceptors (Lipinski definition) is 4. The maximum atomic E-state index is 11.5. The standard InChI is InChI=1S/C11H18O5/c1-3-4-5-7-9(12)8(11(15)16-7)6(2)10(13)14/h6-9,12H,3-5H2,1-2H3,(H,13,14)/t6?,7-,8-,9-/m1/s1. The van der Waals surface area contributed by atoms with Crippen molar-refractivity contribution in [3.8, 4) is 0 Å². The average Bonchev–Trinajstić information content (AvgIpc) is 2.50. The number of carboxylic acids is 1. The van der Waals surface area contributed by atoms with Gasteiger partial charge in [-0.05, 0) is 12.8 Å². The van der Waals surface area contributed by atoms with Crippen molar-refractivity contribution in [2.24, 2.45) is 11.8 Å². The molecular formula is C11H18O5. The molecular weight excluding hydrogens is 212 g/mol. The van der Waals surface area contributed by atoms with Gasteiger partial charge in [0.1, 0.15) is 12.2 Å². The van der Waals surface area contributed by atoms with Gasteiger partial charge in [-0.1, -0.05) is 20.3 Å². The first-order valence-electron chi connectivity index (χ1n) is 5.60. The van der Waals surface area contributed by atoms with Gasteiger partial charge in [0.05, 0.1) is 11.8 Å². The number of carbonyl (C=O) groups excluding carboxylic acids is 1. The fourth-order valence-electron chi connectivity index (χ4n) is 1.96. The van der Waals surface area contributed by atoms with Gasteiger partial charge in [-0.25, -0.2) is 0 Å². The Morgan fingerprint density at radius 3 is 2.69 bits per heavy atom. The summed E-state index contributed by atoms with van der Waals surface area (Å²) in [5.74, 6) is -3.52. The number of unbranched alkanes of at least 4 members (excludes halogenated alkanes) is 1. The molecule has 0 aromatic rings.